The Morgan fingerprint density at radius 3 is 2.47 bits per heavy atom. The molecule has 8 heteroatoms. The van der Waals surface area contributed by atoms with Crippen LogP contribution in [0, 0.1) is 5.92 Å². The van der Waals surface area contributed by atoms with Gasteiger partial charge in [-0.25, -0.2) is 0 Å². The summed E-state index contributed by atoms with van der Waals surface area (Å²) >= 11 is 0. The molecule has 2 unspecified atom stereocenters. The quantitative estimate of drug-likeness (QED) is 0.601. The minimum absolute atomic E-state index is 0.112. The molecule has 160 valence electrons. The zero-order valence-corrected chi connectivity index (χ0v) is 17.0. The highest BCUT2D eigenvalue weighted by atomic mass is 16.2. The zero-order chi connectivity index (χ0) is 21.3. The number of piperidine rings is 1. The standard InChI is InChI=1S/C22H28N4O4/c23-11-17(14-4-2-1-3-5-14)24-12-13-6-7-15-16(10-13)22(30)26(21(15)29)18-8-9-19(27)25-20(18)28/h6-7,10,14,17-18,24H,1-5,8-9,11-12,23H2,(H,25,27,28). The first-order valence-corrected chi connectivity index (χ1v) is 10.8. The molecule has 1 saturated carbocycles. The molecule has 0 radical (unpaired) electrons. The maximum absolute atomic E-state index is 12.9. The van der Waals surface area contributed by atoms with Crippen molar-refractivity contribution >= 4 is 23.6 Å². The van der Waals surface area contributed by atoms with E-state index in [1.165, 1.54) is 32.1 Å². The number of imide groups is 2. The summed E-state index contributed by atoms with van der Waals surface area (Å²) in [6, 6.07) is 4.50. The van der Waals surface area contributed by atoms with Gasteiger partial charge in [-0.05, 0) is 42.9 Å². The number of carbonyl (C=O) groups is 4. The molecule has 2 fully saturated rings. The van der Waals surface area contributed by atoms with E-state index in [-0.39, 0.29) is 24.8 Å². The lowest BCUT2D eigenvalue weighted by Gasteiger charge is -2.30. The predicted octanol–water partition coefficient (Wildman–Crippen LogP) is 1.08. The normalized spacial score (nSPS) is 23.5. The van der Waals surface area contributed by atoms with Crippen LogP contribution in [0.1, 0.15) is 71.2 Å². The lowest BCUT2D eigenvalue weighted by Crippen LogP contribution is -2.54. The topological polar surface area (TPSA) is 122 Å². The van der Waals surface area contributed by atoms with Crippen molar-refractivity contribution in [3.05, 3.63) is 34.9 Å². The van der Waals surface area contributed by atoms with Crippen molar-refractivity contribution in [1.82, 2.24) is 15.5 Å². The summed E-state index contributed by atoms with van der Waals surface area (Å²) in [6.07, 6.45) is 6.42. The monoisotopic (exact) mass is 412 g/mol. The van der Waals surface area contributed by atoms with E-state index in [1.807, 2.05) is 6.07 Å². The number of fused-ring (bicyclic) bond motifs is 1. The third kappa shape index (κ3) is 3.89. The van der Waals surface area contributed by atoms with Crippen LogP contribution >= 0.6 is 0 Å². The van der Waals surface area contributed by atoms with Gasteiger partial charge in [0.2, 0.25) is 11.8 Å². The Kier molecular flexibility index (Phi) is 5.97. The minimum Gasteiger partial charge on any atom is -0.329 e. The molecule has 4 N–H and O–H groups in total. The average molecular weight is 412 g/mol. The smallest absolute Gasteiger partial charge is 0.262 e. The third-order valence-electron chi connectivity index (χ3n) is 6.55. The summed E-state index contributed by atoms with van der Waals surface area (Å²) in [7, 11) is 0. The van der Waals surface area contributed by atoms with Gasteiger partial charge >= 0.3 is 0 Å². The van der Waals surface area contributed by atoms with Crippen molar-refractivity contribution in [3.63, 3.8) is 0 Å². The Morgan fingerprint density at radius 1 is 1.03 bits per heavy atom. The maximum atomic E-state index is 12.9. The summed E-state index contributed by atoms with van der Waals surface area (Å²) in [5, 5.41) is 5.73. The summed E-state index contributed by atoms with van der Waals surface area (Å²) in [6.45, 7) is 1.13. The molecular weight excluding hydrogens is 384 g/mol. The van der Waals surface area contributed by atoms with Crippen molar-refractivity contribution in [3.8, 4) is 0 Å². The van der Waals surface area contributed by atoms with Crippen molar-refractivity contribution in [1.29, 1.82) is 0 Å². The average Bonchev–Trinajstić information content (AvgIpc) is 2.99. The highest BCUT2D eigenvalue weighted by Crippen LogP contribution is 2.29. The van der Waals surface area contributed by atoms with Crippen LogP contribution in [0.25, 0.3) is 0 Å². The minimum atomic E-state index is -0.940. The number of carbonyl (C=O) groups excluding carboxylic acids is 4. The van der Waals surface area contributed by atoms with Crippen LogP contribution in [0.2, 0.25) is 0 Å². The highest BCUT2D eigenvalue weighted by Gasteiger charge is 2.44. The molecule has 2 atom stereocenters. The van der Waals surface area contributed by atoms with E-state index in [9.17, 15) is 19.2 Å². The van der Waals surface area contributed by atoms with Gasteiger partial charge in [-0.3, -0.25) is 29.4 Å². The maximum Gasteiger partial charge on any atom is 0.262 e. The molecule has 30 heavy (non-hydrogen) atoms. The fourth-order valence-corrected chi connectivity index (χ4v) is 4.86. The van der Waals surface area contributed by atoms with Crippen molar-refractivity contribution in [2.45, 2.75) is 63.6 Å². The molecule has 2 aliphatic heterocycles. The SMILES string of the molecule is NCC(NCc1ccc2c(c1)C(=O)N(C1CCC(=O)NC1=O)C2=O)C1CCCCC1. The van der Waals surface area contributed by atoms with Gasteiger partial charge in [-0.15, -0.1) is 0 Å². The van der Waals surface area contributed by atoms with Crippen molar-refractivity contribution < 1.29 is 19.2 Å². The van der Waals surface area contributed by atoms with Crippen LogP contribution in [0.15, 0.2) is 18.2 Å². The number of nitrogens with one attached hydrogen (secondary N) is 2. The third-order valence-corrected chi connectivity index (χ3v) is 6.55. The first-order valence-electron chi connectivity index (χ1n) is 10.8. The fourth-order valence-electron chi connectivity index (χ4n) is 4.86. The largest absolute Gasteiger partial charge is 0.329 e. The van der Waals surface area contributed by atoms with E-state index < -0.39 is 23.8 Å². The van der Waals surface area contributed by atoms with Crippen LogP contribution in [0.5, 0.6) is 0 Å². The van der Waals surface area contributed by atoms with E-state index in [2.05, 4.69) is 10.6 Å². The predicted molar refractivity (Wildman–Crippen MR) is 109 cm³/mol. The molecule has 1 aromatic carbocycles. The van der Waals surface area contributed by atoms with E-state index in [1.54, 1.807) is 12.1 Å². The molecule has 8 nitrogen and oxygen atoms in total. The summed E-state index contributed by atoms with van der Waals surface area (Å²) in [5.41, 5.74) is 7.50. The van der Waals surface area contributed by atoms with Crippen molar-refractivity contribution in [2.24, 2.45) is 11.7 Å². The molecule has 4 rings (SSSR count). The van der Waals surface area contributed by atoms with Crippen LogP contribution in [-0.4, -0.2) is 47.2 Å². The van der Waals surface area contributed by atoms with Crippen LogP contribution < -0.4 is 16.4 Å². The van der Waals surface area contributed by atoms with Gasteiger partial charge in [0.15, 0.2) is 0 Å². The van der Waals surface area contributed by atoms with Crippen molar-refractivity contribution in [2.75, 3.05) is 6.54 Å². The number of hydrogen-bond donors (Lipinski definition) is 3. The van der Waals surface area contributed by atoms with Gasteiger partial charge in [-0.1, -0.05) is 25.3 Å². The first kappa shape index (κ1) is 20.7. The molecule has 2 heterocycles. The van der Waals surface area contributed by atoms with E-state index in [0.29, 0.717) is 30.1 Å². The summed E-state index contributed by atoms with van der Waals surface area (Å²) < 4.78 is 0. The number of nitrogens with two attached hydrogens (primary N) is 1. The molecule has 1 saturated heterocycles. The lowest BCUT2D eigenvalue weighted by atomic mass is 9.84. The first-order chi connectivity index (χ1) is 14.5. The number of hydrogen-bond acceptors (Lipinski definition) is 6. The fraction of sp³-hybridized carbons (Fsp3) is 0.545. The van der Waals surface area contributed by atoms with Gasteiger partial charge in [0.25, 0.3) is 11.8 Å². The van der Waals surface area contributed by atoms with Gasteiger partial charge in [-0.2, -0.15) is 0 Å². The number of amides is 4. The Labute approximate surface area is 175 Å². The Morgan fingerprint density at radius 2 is 1.77 bits per heavy atom. The number of benzene rings is 1. The molecule has 1 aromatic rings. The van der Waals surface area contributed by atoms with Crippen LogP contribution in [-0.2, 0) is 16.1 Å². The Balaban J connectivity index is 1.46. The Bertz CT molecular complexity index is 878. The molecule has 3 aliphatic rings. The molecule has 4 amide bonds. The molecule has 0 aromatic heterocycles. The Hall–Kier alpha value is -2.58. The second-order valence-corrected chi connectivity index (χ2v) is 8.45. The molecule has 0 bridgehead atoms. The van der Waals surface area contributed by atoms with E-state index in [0.717, 1.165) is 10.5 Å². The van der Waals surface area contributed by atoms with Crippen LogP contribution in [0.3, 0.4) is 0 Å². The zero-order valence-electron chi connectivity index (χ0n) is 17.0. The highest BCUT2D eigenvalue weighted by molar-refractivity contribution is 6.23. The number of rotatable bonds is 6. The lowest BCUT2D eigenvalue weighted by molar-refractivity contribution is -0.136. The van der Waals surface area contributed by atoms with Gasteiger partial charge in [0.05, 0.1) is 11.1 Å². The summed E-state index contributed by atoms with van der Waals surface area (Å²) in [4.78, 5) is 50.2. The van der Waals surface area contributed by atoms with Gasteiger partial charge in [0.1, 0.15) is 6.04 Å². The second-order valence-electron chi connectivity index (χ2n) is 8.45. The van der Waals surface area contributed by atoms with Gasteiger partial charge < -0.3 is 11.1 Å². The van der Waals surface area contributed by atoms with E-state index >= 15 is 0 Å². The molecule has 1 aliphatic carbocycles. The van der Waals surface area contributed by atoms with E-state index in [4.69, 9.17) is 5.73 Å². The van der Waals surface area contributed by atoms with Gasteiger partial charge in [0, 0.05) is 25.6 Å². The van der Waals surface area contributed by atoms with Crippen LogP contribution in [0.4, 0.5) is 0 Å². The summed E-state index contributed by atoms with van der Waals surface area (Å²) in [5.74, 6) is -1.36. The molecular formula is C22H28N4O4. The molecule has 0 spiro atoms. The number of nitrogens with zero attached hydrogens (tertiary/aromatic N) is 1. The second kappa shape index (κ2) is 8.65.